The maximum atomic E-state index is 12.0. The van der Waals surface area contributed by atoms with Crippen molar-refractivity contribution in [2.75, 3.05) is 23.7 Å². The van der Waals surface area contributed by atoms with Gasteiger partial charge >= 0.3 is 5.69 Å². The summed E-state index contributed by atoms with van der Waals surface area (Å²) in [7, 11) is 0. The zero-order valence-corrected chi connectivity index (χ0v) is 11.9. The molecule has 4 N–H and O–H groups in total. The molecule has 2 rings (SSSR count). The number of aromatic nitrogens is 2. The van der Waals surface area contributed by atoms with E-state index in [2.05, 4.69) is 4.98 Å². The van der Waals surface area contributed by atoms with Gasteiger partial charge in [-0.05, 0) is 19.8 Å². The number of hydrogen-bond acceptors (Lipinski definition) is 5. The minimum atomic E-state index is -0.468. The summed E-state index contributed by atoms with van der Waals surface area (Å²) in [4.78, 5) is 28.0. The van der Waals surface area contributed by atoms with E-state index in [-0.39, 0.29) is 11.7 Å². The smallest absolute Gasteiger partial charge is 0.330 e. The number of hydrogen-bond donors (Lipinski definition) is 3. The normalized spacial score (nSPS) is 20.4. The Morgan fingerprint density at radius 2 is 2.20 bits per heavy atom. The van der Waals surface area contributed by atoms with E-state index in [4.69, 9.17) is 5.73 Å². The van der Waals surface area contributed by atoms with Crippen LogP contribution in [0, 0.1) is 5.92 Å². The minimum Gasteiger partial charge on any atom is -0.393 e. The predicted molar refractivity (Wildman–Crippen MR) is 78.0 cm³/mol. The number of aromatic amines is 1. The van der Waals surface area contributed by atoms with Crippen LogP contribution in [0.25, 0.3) is 0 Å². The van der Waals surface area contributed by atoms with E-state index in [1.165, 1.54) is 4.57 Å². The third-order valence-electron chi connectivity index (χ3n) is 3.88. The van der Waals surface area contributed by atoms with Crippen LogP contribution >= 0.6 is 0 Å². The Bertz CT molecular complexity index is 590. The van der Waals surface area contributed by atoms with Gasteiger partial charge < -0.3 is 15.7 Å². The van der Waals surface area contributed by atoms with E-state index in [0.717, 1.165) is 12.8 Å². The summed E-state index contributed by atoms with van der Waals surface area (Å²) < 4.78 is 1.40. The summed E-state index contributed by atoms with van der Waals surface area (Å²) in [5.41, 5.74) is 5.44. The van der Waals surface area contributed by atoms with E-state index >= 15 is 0 Å². The molecule has 20 heavy (non-hydrogen) atoms. The van der Waals surface area contributed by atoms with Crippen LogP contribution in [0.5, 0.6) is 0 Å². The van der Waals surface area contributed by atoms with Crippen molar-refractivity contribution in [2.45, 2.75) is 39.3 Å². The van der Waals surface area contributed by atoms with E-state index in [1.54, 1.807) is 6.92 Å². The first kappa shape index (κ1) is 14.6. The average molecular weight is 282 g/mol. The largest absolute Gasteiger partial charge is 0.393 e. The first-order valence-electron chi connectivity index (χ1n) is 7.01. The monoisotopic (exact) mass is 282 g/mol. The second-order valence-corrected chi connectivity index (χ2v) is 5.38. The molecule has 0 radical (unpaired) electrons. The van der Waals surface area contributed by atoms with Crippen molar-refractivity contribution in [1.29, 1.82) is 0 Å². The molecular weight excluding hydrogens is 260 g/mol. The standard InChI is InChI=1S/C13H22N4O3/c1-3-5-17-11(14)10(12(19)15-13(17)20)16-6-4-9(7-16)8(2)18/h8-9,18H,3-7,14H2,1-2H3,(H,15,19,20). The summed E-state index contributed by atoms with van der Waals surface area (Å²) in [5, 5.41) is 9.64. The van der Waals surface area contributed by atoms with Crippen molar-refractivity contribution in [2.24, 2.45) is 5.92 Å². The highest BCUT2D eigenvalue weighted by molar-refractivity contribution is 5.62. The molecule has 112 valence electrons. The molecule has 2 unspecified atom stereocenters. The third kappa shape index (κ3) is 2.58. The average Bonchev–Trinajstić information content (AvgIpc) is 2.83. The molecule has 1 saturated heterocycles. The highest BCUT2D eigenvalue weighted by atomic mass is 16.3. The highest BCUT2D eigenvalue weighted by Gasteiger charge is 2.29. The van der Waals surface area contributed by atoms with E-state index in [0.29, 0.717) is 25.3 Å². The van der Waals surface area contributed by atoms with E-state index in [1.807, 2.05) is 11.8 Å². The Morgan fingerprint density at radius 1 is 1.50 bits per heavy atom. The number of H-pyrrole nitrogens is 1. The number of rotatable bonds is 4. The molecule has 1 fully saturated rings. The lowest BCUT2D eigenvalue weighted by Crippen LogP contribution is -2.38. The van der Waals surface area contributed by atoms with Crippen LogP contribution < -0.4 is 21.9 Å². The summed E-state index contributed by atoms with van der Waals surface area (Å²) in [6.45, 7) is 5.40. The molecule has 0 aromatic carbocycles. The quantitative estimate of drug-likeness (QED) is 0.705. The van der Waals surface area contributed by atoms with Gasteiger partial charge in [-0.2, -0.15) is 0 Å². The van der Waals surface area contributed by atoms with Gasteiger partial charge in [0.25, 0.3) is 5.56 Å². The lowest BCUT2D eigenvalue weighted by molar-refractivity contribution is 0.136. The van der Waals surface area contributed by atoms with Crippen molar-refractivity contribution in [3.8, 4) is 0 Å². The van der Waals surface area contributed by atoms with Crippen molar-refractivity contribution >= 4 is 11.5 Å². The molecule has 0 amide bonds. The maximum Gasteiger partial charge on any atom is 0.330 e. The van der Waals surface area contributed by atoms with Crippen LogP contribution in [0.4, 0.5) is 11.5 Å². The van der Waals surface area contributed by atoms with Crippen molar-refractivity contribution < 1.29 is 5.11 Å². The molecule has 1 aliphatic heterocycles. The van der Waals surface area contributed by atoms with Crippen LogP contribution in [0.2, 0.25) is 0 Å². The van der Waals surface area contributed by atoms with Crippen LogP contribution in [0.1, 0.15) is 26.7 Å². The van der Waals surface area contributed by atoms with E-state index < -0.39 is 17.4 Å². The molecule has 0 aliphatic carbocycles. The predicted octanol–water partition coefficient (Wildman–Crippen LogP) is -0.264. The second kappa shape index (κ2) is 5.70. The SMILES string of the molecule is CCCn1c(N)c(N2CCC(C(C)O)C2)c(=O)[nH]c1=O. The number of aliphatic hydroxyl groups is 1. The van der Waals surface area contributed by atoms with Gasteiger partial charge in [-0.1, -0.05) is 6.92 Å². The lowest BCUT2D eigenvalue weighted by Gasteiger charge is -2.21. The van der Waals surface area contributed by atoms with Crippen molar-refractivity contribution in [1.82, 2.24) is 9.55 Å². The van der Waals surface area contributed by atoms with Gasteiger partial charge in [-0.3, -0.25) is 14.3 Å². The molecule has 1 aromatic heterocycles. The Morgan fingerprint density at radius 3 is 2.75 bits per heavy atom. The molecule has 0 saturated carbocycles. The molecule has 2 heterocycles. The molecule has 1 aliphatic rings. The van der Waals surface area contributed by atoms with Crippen LogP contribution in [0.3, 0.4) is 0 Å². The fraction of sp³-hybridized carbons (Fsp3) is 0.692. The Labute approximate surface area is 117 Å². The zero-order chi connectivity index (χ0) is 14.9. The van der Waals surface area contributed by atoms with Crippen molar-refractivity contribution in [3.63, 3.8) is 0 Å². The maximum absolute atomic E-state index is 12.0. The first-order chi connectivity index (χ1) is 9.45. The Kier molecular flexibility index (Phi) is 4.17. The van der Waals surface area contributed by atoms with Gasteiger partial charge in [0, 0.05) is 25.6 Å². The second-order valence-electron chi connectivity index (χ2n) is 5.38. The first-order valence-corrected chi connectivity index (χ1v) is 7.01. The number of anilines is 2. The van der Waals surface area contributed by atoms with Gasteiger partial charge in [0.2, 0.25) is 0 Å². The van der Waals surface area contributed by atoms with Crippen LogP contribution in [0.15, 0.2) is 9.59 Å². The van der Waals surface area contributed by atoms with Gasteiger partial charge in [0.05, 0.1) is 6.10 Å². The summed E-state index contributed by atoms with van der Waals surface area (Å²) in [6, 6.07) is 0. The number of nitrogen functional groups attached to an aromatic ring is 1. The highest BCUT2D eigenvalue weighted by Crippen LogP contribution is 2.26. The molecule has 1 aromatic rings. The summed E-state index contributed by atoms with van der Waals surface area (Å²) in [6.07, 6.45) is 1.15. The number of nitrogens with zero attached hydrogens (tertiary/aromatic N) is 2. The number of aliphatic hydroxyl groups excluding tert-OH is 1. The molecule has 7 heteroatoms. The number of nitrogens with two attached hydrogens (primary N) is 1. The van der Waals surface area contributed by atoms with Gasteiger partial charge in [0.1, 0.15) is 11.5 Å². The van der Waals surface area contributed by atoms with Gasteiger partial charge in [-0.25, -0.2) is 4.79 Å². The number of nitrogens with one attached hydrogen (secondary N) is 1. The molecule has 0 spiro atoms. The van der Waals surface area contributed by atoms with Crippen molar-refractivity contribution in [3.05, 3.63) is 20.8 Å². The Balaban J connectivity index is 2.40. The van der Waals surface area contributed by atoms with E-state index in [9.17, 15) is 14.7 Å². The molecular formula is C13H22N4O3. The minimum absolute atomic E-state index is 0.125. The fourth-order valence-corrected chi connectivity index (χ4v) is 2.71. The molecule has 2 atom stereocenters. The molecule has 7 nitrogen and oxygen atoms in total. The zero-order valence-electron chi connectivity index (χ0n) is 11.9. The Hall–Kier alpha value is -1.76. The van der Waals surface area contributed by atoms with Crippen LogP contribution in [-0.2, 0) is 6.54 Å². The topological polar surface area (TPSA) is 104 Å². The van der Waals surface area contributed by atoms with Crippen LogP contribution in [-0.4, -0.2) is 33.9 Å². The van der Waals surface area contributed by atoms with Gasteiger partial charge in [-0.15, -0.1) is 0 Å². The fourth-order valence-electron chi connectivity index (χ4n) is 2.71. The van der Waals surface area contributed by atoms with Gasteiger partial charge in [0.15, 0.2) is 0 Å². The molecule has 0 bridgehead atoms. The summed E-state index contributed by atoms with van der Waals surface area (Å²) >= 11 is 0. The third-order valence-corrected chi connectivity index (χ3v) is 3.88. The lowest BCUT2D eigenvalue weighted by atomic mass is 10.0. The summed E-state index contributed by atoms with van der Waals surface area (Å²) in [5.74, 6) is 0.340.